The third-order valence-corrected chi connectivity index (χ3v) is 1.69. The molecule has 0 unspecified atom stereocenters. The lowest BCUT2D eigenvalue weighted by molar-refractivity contribution is -0.113. The van der Waals surface area contributed by atoms with E-state index in [0.717, 1.165) is 18.2 Å². The first-order chi connectivity index (χ1) is 7.02. The molecule has 0 spiro atoms. The SMILES string of the molecule is NC(=O)C=Cc1cccc(F)c1C(=O)O. The van der Waals surface area contributed by atoms with Gasteiger partial charge >= 0.3 is 5.97 Å². The quantitative estimate of drug-likeness (QED) is 0.729. The molecule has 0 bridgehead atoms. The summed E-state index contributed by atoms with van der Waals surface area (Å²) >= 11 is 0. The monoisotopic (exact) mass is 209 g/mol. The van der Waals surface area contributed by atoms with Crippen molar-refractivity contribution in [1.29, 1.82) is 0 Å². The number of benzene rings is 1. The highest BCUT2D eigenvalue weighted by molar-refractivity contribution is 5.95. The molecular formula is C10H8FNO3. The van der Waals surface area contributed by atoms with Gasteiger partial charge in [-0.15, -0.1) is 0 Å². The van der Waals surface area contributed by atoms with Crippen LogP contribution in [-0.2, 0) is 4.79 Å². The van der Waals surface area contributed by atoms with Gasteiger partial charge < -0.3 is 10.8 Å². The lowest BCUT2D eigenvalue weighted by Gasteiger charge is -2.01. The number of primary amides is 1. The topological polar surface area (TPSA) is 80.4 Å². The molecule has 4 nitrogen and oxygen atoms in total. The van der Waals surface area contributed by atoms with Crippen LogP contribution < -0.4 is 5.73 Å². The zero-order valence-corrected chi connectivity index (χ0v) is 7.61. The third kappa shape index (κ3) is 2.63. The van der Waals surface area contributed by atoms with Crippen LogP contribution in [0.5, 0.6) is 0 Å². The van der Waals surface area contributed by atoms with Crippen molar-refractivity contribution in [2.75, 3.05) is 0 Å². The molecule has 5 heteroatoms. The molecule has 0 aliphatic rings. The first kappa shape index (κ1) is 10.9. The summed E-state index contributed by atoms with van der Waals surface area (Å²) in [5, 5.41) is 8.72. The number of carboxylic acids is 1. The summed E-state index contributed by atoms with van der Waals surface area (Å²) in [6.07, 6.45) is 2.13. The van der Waals surface area contributed by atoms with Crippen molar-refractivity contribution in [3.63, 3.8) is 0 Å². The van der Waals surface area contributed by atoms with E-state index in [1.807, 2.05) is 0 Å². The van der Waals surface area contributed by atoms with E-state index in [4.69, 9.17) is 10.8 Å². The maximum absolute atomic E-state index is 13.1. The largest absolute Gasteiger partial charge is 0.478 e. The van der Waals surface area contributed by atoms with Crippen LogP contribution in [0.25, 0.3) is 6.08 Å². The third-order valence-electron chi connectivity index (χ3n) is 1.69. The maximum atomic E-state index is 13.1. The van der Waals surface area contributed by atoms with E-state index in [-0.39, 0.29) is 5.56 Å². The molecule has 0 radical (unpaired) electrons. The van der Waals surface area contributed by atoms with Gasteiger partial charge in [-0.25, -0.2) is 9.18 Å². The minimum atomic E-state index is -1.39. The number of halogens is 1. The van der Waals surface area contributed by atoms with Gasteiger partial charge in [0.05, 0.1) is 0 Å². The Morgan fingerprint density at radius 2 is 2.07 bits per heavy atom. The molecular weight excluding hydrogens is 201 g/mol. The number of carbonyl (C=O) groups is 2. The van der Waals surface area contributed by atoms with E-state index in [1.54, 1.807) is 0 Å². The molecule has 15 heavy (non-hydrogen) atoms. The van der Waals surface area contributed by atoms with Gasteiger partial charge in [-0.05, 0) is 17.7 Å². The fourth-order valence-corrected chi connectivity index (χ4v) is 1.08. The van der Waals surface area contributed by atoms with Gasteiger partial charge in [-0.2, -0.15) is 0 Å². The lowest BCUT2D eigenvalue weighted by Crippen LogP contribution is -2.06. The van der Waals surface area contributed by atoms with Crippen molar-refractivity contribution < 1.29 is 19.1 Å². The maximum Gasteiger partial charge on any atom is 0.339 e. The van der Waals surface area contributed by atoms with Crippen molar-refractivity contribution in [3.8, 4) is 0 Å². The van der Waals surface area contributed by atoms with Crippen LogP contribution in [0.1, 0.15) is 15.9 Å². The second kappa shape index (κ2) is 4.36. The van der Waals surface area contributed by atoms with Gasteiger partial charge in [-0.1, -0.05) is 12.1 Å². The smallest absolute Gasteiger partial charge is 0.339 e. The summed E-state index contributed by atoms with van der Waals surface area (Å²) in [6, 6.07) is 3.76. The van der Waals surface area contributed by atoms with Gasteiger partial charge in [0.15, 0.2) is 0 Å². The van der Waals surface area contributed by atoms with Gasteiger partial charge in [0.2, 0.25) is 5.91 Å². The fraction of sp³-hybridized carbons (Fsp3) is 0. The first-order valence-electron chi connectivity index (χ1n) is 4.01. The highest BCUT2D eigenvalue weighted by Gasteiger charge is 2.13. The molecule has 0 saturated heterocycles. The first-order valence-corrected chi connectivity index (χ1v) is 4.01. The normalized spacial score (nSPS) is 10.5. The van der Waals surface area contributed by atoms with Gasteiger partial charge in [0.1, 0.15) is 11.4 Å². The van der Waals surface area contributed by atoms with Crippen molar-refractivity contribution in [2.24, 2.45) is 5.73 Å². The van der Waals surface area contributed by atoms with E-state index >= 15 is 0 Å². The van der Waals surface area contributed by atoms with Crippen LogP contribution in [-0.4, -0.2) is 17.0 Å². The minimum absolute atomic E-state index is 0.0984. The van der Waals surface area contributed by atoms with Crippen molar-refractivity contribution in [2.45, 2.75) is 0 Å². The summed E-state index contributed by atoms with van der Waals surface area (Å²) in [6.45, 7) is 0. The predicted octanol–water partition coefficient (Wildman–Crippen LogP) is 1.02. The molecule has 1 rings (SSSR count). The molecule has 0 aliphatic heterocycles. The standard InChI is InChI=1S/C10H8FNO3/c11-7-3-1-2-6(4-5-8(12)13)9(7)10(14)15/h1-5H,(H2,12,13)(H,14,15). The fourth-order valence-electron chi connectivity index (χ4n) is 1.08. The zero-order chi connectivity index (χ0) is 11.4. The zero-order valence-electron chi connectivity index (χ0n) is 7.61. The predicted molar refractivity (Wildman–Crippen MR) is 51.6 cm³/mol. The number of amides is 1. The number of rotatable bonds is 3. The molecule has 1 aromatic rings. The van der Waals surface area contributed by atoms with Crippen LogP contribution in [0, 0.1) is 5.82 Å². The second-order valence-corrected chi connectivity index (χ2v) is 2.74. The van der Waals surface area contributed by atoms with Crippen LogP contribution in [0.3, 0.4) is 0 Å². The number of carbonyl (C=O) groups excluding carboxylic acids is 1. The molecule has 0 saturated carbocycles. The molecule has 0 fully saturated rings. The Labute approximate surface area is 84.8 Å². The summed E-state index contributed by atoms with van der Waals surface area (Å²) in [4.78, 5) is 21.1. The number of nitrogens with two attached hydrogens (primary N) is 1. The summed E-state index contributed by atoms with van der Waals surface area (Å²) in [5.74, 6) is -2.97. The molecule has 0 aliphatic carbocycles. The van der Waals surface area contributed by atoms with Crippen molar-refractivity contribution in [3.05, 3.63) is 41.2 Å². The average Bonchev–Trinajstić information content (AvgIpc) is 2.13. The Morgan fingerprint density at radius 3 is 2.60 bits per heavy atom. The van der Waals surface area contributed by atoms with Crippen LogP contribution in [0.4, 0.5) is 4.39 Å². The van der Waals surface area contributed by atoms with Crippen molar-refractivity contribution >= 4 is 18.0 Å². The molecule has 0 atom stereocenters. The van der Waals surface area contributed by atoms with Crippen LogP contribution in [0.2, 0.25) is 0 Å². The second-order valence-electron chi connectivity index (χ2n) is 2.74. The van der Waals surface area contributed by atoms with Crippen molar-refractivity contribution in [1.82, 2.24) is 0 Å². The Bertz CT molecular complexity index is 440. The molecule has 3 N–H and O–H groups in total. The molecule has 0 heterocycles. The number of carboxylic acid groups (broad SMARTS) is 1. The summed E-state index contributed by atoms with van der Waals surface area (Å²) in [7, 11) is 0. The van der Waals surface area contributed by atoms with Crippen LogP contribution >= 0.6 is 0 Å². The van der Waals surface area contributed by atoms with E-state index in [9.17, 15) is 14.0 Å². The van der Waals surface area contributed by atoms with E-state index in [0.29, 0.717) is 0 Å². The molecule has 1 amide bonds. The van der Waals surface area contributed by atoms with E-state index in [1.165, 1.54) is 12.1 Å². The summed E-state index contributed by atoms with van der Waals surface area (Å²) < 4.78 is 13.1. The van der Waals surface area contributed by atoms with Crippen LogP contribution in [0.15, 0.2) is 24.3 Å². The Balaban J connectivity index is 3.23. The number of hydrogen-bond acceptors (Lipinski definition) is 2. The molecule has 0 aromatic heterocycles. The Morgan fingerprint density at radius 1 is 1.40 bits per heavy atom. The molecule has 78 valence electrons. The lowest BCUT2D eigenvalue weighted by atomic mass is 10.1. The van der Waals surface area contributed by atoms with Gasteiger partial charge in [0, 0.05) is 6.08 Å². The Hall–Kier alpha value is -2.17. The van der Waals surface area contributed by atoms with Gasteiger partial charge in [0.25, 0.3) is 0 Å². The number of aromatic carboxylic acids is 1. The highest BCUT2D eigenvalue weighted by atomic mass is 19.1. The summed E-state index contributed by atoms with van der Waals surface area (Å²) in [5.41, 5.74) is 4.46. The highest BCUT2D eigenvalue weighted by Crippen LogP contribution is 2.14. The number of hydrogen-bond donors (Lipinski definition) is 2. The molecule has 1 aromatic carbocycles. The average molecular weight is 209 g/mol. The van der Waals surface area contributed by atoms with E-state index < -0.39 is 23.3 Å². The Kier molecular flexibility index (Phi) is 3.17. The minimum Gasteiger partial charge on any atom is -0.478 e. The van der Waals surface area contributed by atoms with Gasteiger partial charge in [-0.3, -0.25) is 4.79 Å². The van der Waals surface area contributed by atoms with E-state index in [2.05, 4.69) is 0 Å².